The molecule has 2 heterocycles. The van der Waals surface area contributed by atoms with Crippen LogP contribution in [0.15, 0.2) is 50.9 Å². The number of nitrogens with one attached hydrogen (secondary N) is 2. The number of rotatable bonds is 5. The summed E-state index contributed by atoms with van der Waals surface area (Å²) < 4.78 is 5.08. The van der Waals surface area contributed by atoms with E-state index in [0.29, 0.717) is 0 Å². The zero-order valence-corrected chi connectivity index (χ0v) is 13.4. The average Bonchev–Trinajstić information content (AvgIpc) is 3.15. The number of aromatic amines is 1. The number of nitro benzene ring substituents is 1. The molecule has 0 fully saturated rings. The van der Waals surface area contributed by atoms with Gasteiger partial charge in [0.1, 0.15) is 11.5 Å². The maximum atomic E-state index is 12.4. The predicted octanol–water partition coefficient (Wildman–Crippen LogP) is 0.530. The zero-order chi connectivity index (χ0) is 19.6. The highest BCUT2D eigenvalue weighted by Gasteiger charge is 2.25. The number of nitrogens with two attached hydrogens (primary N) is 1. The van der Waals surface area contributed by atoms with Crippen LogP contribution in [0, 0.1) is 10.1 Å². The van der Waals surface area contributed by atoms with Crippen molar-refractivity contribution in [1.29, 1.82) is 0 Å². The molecule has 0 saturated carbocycles. The molecule has 27 heavy (non-hydrogen) atoms. The molecule has 0 unspecified atom stereocenters. The number of benzene rings is 1. The number of nitro groups is 1. The highest BCUT2D eigenvalue weighted by Crippen LogP contribution is 2.20. The van der Waals surface area contributed by atoms with E-state index in [2.05, 4.69) is 15.1 Å². The molecule has 1 atom stereocenters. The highest BCUT2D eigenvalue weighted by molar-refractivity contribution is 6.03. The Kier molecular flexibility index (Phi) is 4.64. The van der Waals surface area contributed by atoms with Gasteiger partial charge in [0, 0.05) is 12.1 Å². The molecule has 138 valence electrons. The van der Waals surface area contributed by atoms with Crippen LogP contribution in [0.5, 0.6) is 0 Å². The Hall–Kier alpha value is -4.06. The van der Waals surface area contributed by atoms with Gasteiger partial charge in [-0.3, -0.25) is 14.9 Å². The largest absolute Gasteiger partial charge is 0.466 e. The number of furan rings is 1. The molecule has 2 amide bonds. The molecular formula is C15H12N6O6. The van der Waals surface area contributed by atoms with Crippen LogP contribution in [-0.4, -0.2) is 31.7 Å². The van der Waals surface area contributed by atoms with E-state index in [1.54, 1.807) is 0 Å². The van der Waals surface area contributed by atoms with Gasteiger partial charge in [-0.2, -0.15) is 5.10 Å². The number of primary amides is 1. The molecule has 0 radical (unpaired) electrons. The summed E-state index contributed by atoms with van der Waals surface area (Å²) in [6, 6.07) is 5.60. The van der Waals surface area contributed by atoms with E-state index in [9.17, 15) is 24.8 Å². The van der Waals surface area contributed by atoms with E-state index in [0.717, 1.165) is 6.07 Å². The summed E-state index contributed by atoms with van der Waals surface area (Å²) in [6.07, 6.45) is -0.231. The maximum Gasteiger partial charge on any atom is 0.332 e. The van der Waals surface area contributed by atoms with Gasteiger partial charge < -0.3 is 20.2 Å². The lowest BCUT2D eigenvalue weighted by Crippen LogP contribution is -2.31. The third-order valence-electron chi connectivity index (χ3n) is 3.49. The van der Waals surface area contributed by atoms with Crippen LogP contribution in [0.3, 0.4) is 0 Å². The van der Waals surface area contributed by atoms with Crippen molar-refractivity contribution in [2.24, 2.45) is 10.8 Å². The van der Waals surface area contributed by atoms with E-state index in [4.69, 9.17) is 10.2 Å². The minimum Gasteiger partial charge on any atom is -0.466 e. The van der Waals surface area contributed by atoms with Crippen molar-refractivity contribution in [3.63, 3.8) is 0 Å². The molecule has 12 nitrogen and oxygen atoms in total. The summed E-state index contributed by atoms with van der Waals surface area (Å²) in [5.41, 5.74) is 5.55. The van der Waals surface area contributed by atoms with Crippen LogP contribution in [0.25, 0.3) is 11.0 Å². The first kappa shape index (κ1) is 17.8. The van der Waals surface area contributed by atoms with Gasteiger partial charge in [0.2, 0.25) is 0 Å². The van der Waals surface area contributed by atoms with Crippen molar-refractivity contribution < 1.29 is 19.2 Å². The van der Waals surface area contributed by atoms with Crippen LogP contribution < -0.4 is 16.7 Å². The van der Waals surface area contributed by atoms with Crippen molar-refractivity contribution in [2.75, 3.05) is 0 Å². The Morgan fingerprint density at radius 3 is 2.85 bits per heavy atom. The van der Waals surface area contributed by atoms with Crippen molar-refractivity contribution in [2.45, 2.75) is 6.10 Å². The van der Waals surface area contributed by atoms with Crippen LogP contribution in [0.2, 0.25) is 0 Å². The van der Waals surface area contributed by atoms with Gasteiger partial charge in [0.15, 0.2) is 11.8 Å². The smallest absolute Gasteiger partial charge is 0.332 e. The zero-order valence-electron chi connectivity index (χ0n) is 13.4. The maximum absolute atomic E-state index is 12.4. The number of hydrazone groups is 1. The number of hydrogen-bond acceptors (Lipinski definition) is 8. The molecule has 5 N–H and O–H groups in total. The number of non-ortho nitro benzene ring substituents is 1. The molecule has 0 spiro atoms. The normalized spacial score (nSPS) is 12.7. The summed E-state index contributed by atoms with van der Waals surface area (Å²) in [5, 5.41) is 25.0. The molecule has 3 rings (SSSR count). The number of urea groups is 1. The number of fused-ring (bicyclic) bond motifs is 1. The second-order valence-electron chi connectivity index (χ2n) is 5.26. The first-order valence-electron chi connectivity index (χ1n) is 7.40. The first-order chi connectivity index (χ1) is 12.9. The second kappa shape index (κ2) is 7.05. The van der Waals surface area contributed by atoms with Crippen LogP contribution in [-0.2, 0) is 0 Å². The van der Waals surface area contributed by atoms with Crippen molar-refractivity contribution in [1.82, 2.24) is 15.4 Å². The molecule has 0 bridgehead atoms. The minimum absolute atomic E-state index is 0.0463. The summed E-state index contributed by atoms with van der Waals surface area (Å²) >= 11 is 0. The van der Waals surface area contributed by atoms with Gasteiger partial charge in [-0.1, -0.05) is 0 Å². The standard InChI is InChI=1S/C15H12N6O6/c16-15(24)20-19-11(13(22)10-2-1-5-27-10)12-14(23)18-9-6-7(21(25)26)3-4-8(9)17-12/h1-6,13,22H,(H,18,23)(H3,16,20,24)/b19-11+/t13-/m0/s1. The molecule has 1 aromatic carbocycles. The lowest BCUT2D eigenvalue weighted by atomic mass is 10.1. The number of carbonyl (C=O) groups is 1. The van der Waals surface area contributed by atoms with Crippen LogP contribution in [0.1, 0.15) is 17.6 Å². The lowest BCUT2D eigenvalue weighted by molar-refractivity contribution is -0.384. The number of nitrogens with zero attached hydrogens (tertiary/aromatic N) is 3. The summed E-state index contributed by atoms with van der Waals surface area (Å²) in [4.78, 5) is 40.2. The fraction of sp³-hybridized carbons (Fsp3) is 0.0667. The van der Waals surface area contributed by atoms with Gasteiger partial charge in [-0.05, 0) is 18.2 Å². The summed E-state index contributed by atoms with van der Waals surface area (Å²) in [6.45, 7) is 0. The minimum atomic E-state index is -1.53. The third-order valence-corrected chi connectivity index (χ3v) is 3.49. The topological polar surface area (TPSA) is 190 Å². The van der Waals surface area contributed by atoms with Gasteiger partial charge in [0.05, 0.1) is 22.2 Å². The number of aliphatic hydroxyl groups is 1. The first-order valence-corrected chi connectivity index (χ1v) is 7.40. The van der Waals surface area contributed by atoms with E-state index >= 15 is 0 Å². The van der Waals surface area contributed by atoms with Gasteiger partial charge in [0.25, 0.3) is 11.2 Å². The summed E-state index contributed by atoms with van der Waals surface area (Å²) in [5.74, 6) is 0.0463. The third kappa shape index (κ3) is 3.64. The van der Waals surface area contributed by atoms with E-state index in [-0.39, 0.29) is 33.9 Å². The number of carbonyl (C=O) groups excluding carboxylic acids is 1. The number of H-pyrrole nitrogens is 1. The molecule has 3 aromatic rings. The quantitative estimate of drug-likeness (QED) is 0.285. The highest BCUT2D eigenvalue weighted by atomic mass is 16.6. The van der Waals surface area contributed by atoms with Gasteiger partial charge in [-0.25, -0.2) is 15.2 Å². The summed E-state index contributed by atoms with van der Waals surface area (Å²) in [7, 11) is 0. The predicted molar refractivity (Wildman–Crippen MR) is 91.9 cm³/mol. The molecule has 0 saturated heterocycles. The Labute approximate surface area is 149 Å². The van der Waals surface area contributed by atoms with Crippen molar-refractivity contribution in [3.05, 3.63) is 68.5 Å². The van der Waals surface area contributed by atoms with E-state index in [1.807, 2.05) is 5.43 Å². The second-order valence-corrected chi connectivity index (χ2v) is 5.26. The van der Waals surface area contributed by atoms with Crippen LogP contribution in [0.4, 0.5) is 10.5 Å². The lowest BCUT2D eigenvalue weighted by Gasteiger charge is -2.11. The van der Waals surface area contributed by atoms with Crippen molar-refractivity contribution in [3.8, 4) is 0 Å². The SMILES string of the molecule is NC(=O)N/N=C(\c1nc2ccc([N+](=O)[O-])cc2[nH]c1=O)[C@@H](O)c1ccco1. The van der Waals surface area contributed by atoms with Gasteiger partial charge in [-0.15, -0.1) is 0 Å². The van der Waals surface area contributed by atoms with E-state index in [1.165, 1.54) is 30.5 Å². The number of aromatic nitrogens is 2. The number of aliphatic hydroxyl groups excluding tert-OH is 1. The Balaban J connectivity index is 2.15. The fourth-order valence-corrected chi connectivity index (χ4v) is 2.30. The molecule has 0 aliphatic heterocycles. The Morgan fingerprint density at radius 1 is 1.44 bits per heavy atom. The number of amides is 2. The van der Waals surface area contributed by atoms with Gasteiger partial charge >= 0.3 is 6.03 Å². The van der Waals surface area contributed by atoms with Crippen LogP contribution >= 0.6 is 0 Å². The Bertz CT molecular complexity index is 1100. The fourth-order valence-electron chi connectivity index (χ4n) is 2.30. The van der Waals surface area contributed by atoms with Crippen molar-refractivity contribution >= 4 is 28.5 Å². The van der Waals surface area contributed by atoms with E-state index < -0.39 is 22.6 Å². The molecule has 0 aliphatic rings. The average molecular weight is 372 g/mol. The molecular weight excluding hydrogens is 360 g/mol. The molecule has 12 heteroatoms. The number of hydrogen-bond donors (Lipinski definition) is 4. The molecule has 0 aliphatic carbocycles. The monoisotopic (exact) mass is 372 g/mol. The Morgan fingerprint density at radius 2 is 2.22 bits per heavy atom. The molecule has 2 aromatic heterocycles.